The van der Waals surface area contributed by atoms with Crippen LogP contribution in [0.2, 0.25) is 0 Å². The number of aryl methyl sites for hydroxylation is 3. The first-order valence-electron chi connectivity index (χ1n) is 8.00. The lowest BCUT2D eigenvalue weighted by Gasteiger charge is -2.14. The maximum Gasteiger partial charge on any atom is 0.240 e. The first-order valence-corrected chi connectivity index (χ1v) is 8.00. The summed E-state index contributed by atoms with van der Waals surface area (Å²) in [4.78, 5) is 16.8. The summed E-state index contributed by atoms with van der Waals surface area (Å²) in [5, 5.41) is 3.00. The Bertz CT molecular complexity index is 670. The second-order valence-electron chi connectivity index (χ2n) is 6.11. The van der Waals surface area contributed by atoms with E-state index in [9.17, 15) is 4.79 Å². The summed E-state index contributed by atoms with van der Waals surface area (Å²) >= 11 is 0. The minimum atomic E-state index is 0.0504. The van der Waals surface area contributed by atoms with Crippen LogP contribution in [0.3, 0.4) is 0 Å². The summed E-state index contributed by atoms with van der Waals surface area (Å²) in [7, 11) is 0. The molecule has 4 nitrogen and oxygen atoms in total. The minimum absolute atomic E-state index is 0.0504. The zero-order valence-corrected chi connectivity index (χ0v) is 13.4. The van der Waals surface area contributed by atoms with Gasteiger partial charge in [-0.05, 0) is 45.1 Å². The van der Waals surface area contributed by atoms with Gasteiger partial charge in [0.1, 0.15) is 12.4 Å². The van der Waals surface area contributed by atoms with Crippen molar-refractivity contribution in [2.75, 3.05) is 0 Å². The highest BCUT2D eigenvalue weighted by Crippen LogP contribution is 2.21. The Labute approximate surface area is 131 Å². The highest BCUT2D eigenvalue weighted by Gasteiger charge is 2.19. The number of fused-ring (bicyclic) bond motifs is 1. The molecule has 1 aliphatic rings. The summed E-state index contributed by atoms with van der Waals surface area (Å²) < 4.78 is 2.08. The van der Waals surface area contributed by atoms with Crippen LogP contribution < -0.4 is 5.32 Å². The van der Waals surface area contributed by atoms with Crippen LogP contribution >= 0.6 is 0 Å². The number of amides is 1. The fourth-order valence-corrected chi connectivity index (χ4v) is 3.05. The standard InChI is InChI=1S/C18H23N3O/c1-13-7-9-15(10-8-13)11-19-18(22)12-21-14(2)20-16-5-3-4-6-17(16)21/h7-10H,3-6,11-12H2,1-2H3,(H,19,22). The largest absolute Gasteiger partial charge is 0.350 e. The molecule has 1 aromatic heterocycles. The van der Waals surface area contributed by atoms with E-state index < -0.39 is 0 Å². The average molecular weight is 297 g/mol. The van der Waals surface area contributed by atoms with Gasteiger partial charge in [0.15, 0.2) is 0 Å². The van der Waals surface area contributed by atoms with E-state index in [2.05, 4.69) is 46.1 Å². The van der Waals surface area contributed by atoms with E-state index in [1.165, 1.54) is 29.8 Å². The predicted octanol–water partition coefficient (Wildman–Crippen LogP) is 2.70. The summed E-state index contributed by atoms with van der Waals surface area (Å²) in [6.07, 6.45) is 4.50. The van der Waals surface area contributed by atoms with Crippen LogP contribution in [-0.2, 0) is 30.7 Å². The molecule has 0 atom stereocenters. The normalized spacial score (nSPS) is 13.7. The Morgan fingerprint density at radius 1 is 1.18 bits per heavy atom. The molecule has 1 heterocycles. The first kappa shape index (κ1) is 14.8. The van der Waals surface area contributed by atoms with Crippen LogP contribution in [0.4, 0.5) is 0 Å². The monoisotopic (exact) mass is 297 g/mol. The third-order valence-corrected chi connectivity index (χ3v) is 4.34. The van der Waals surface area contributed by atoms with E-state index in [0.29, 0.717) is 13.1 Å². The second kappa shape index (κ2) is 6.34. The molecule has 0 fully saturated rings. The van der Waals surface area contributed by atoms with Gasteiger partial charge in [-0.15, -0.1) is 0 Å². The van der Waals surface area contributed by atoms with E-state index in [4.69, 9.17) is 0 Å². The maximum absolute atomic E-state index is 12.2. The van der Waals surface area contributed by atoms with Crippen LogP contribution in [0, 0.1) is 13.8 Å². The molecule has 4 heteroatoms. The van der Waals surface area contributed by atoms with Gasteiger partial charge in [-0.2, -0.15) is 0 Å². The second-order valence-corrected chi connectivity index (χ2v) is 6.11. The first-order chi connectivity index (χ1) is 10.6. The van der Waals surface area contributed by atoms with Crippen molar-refractivity contribution in [3.8, 4) is 0 Å². The molecule has 1 N–H and O–H groups in total. The third kappa shape index (κ3) is 3.21. The average Bonchev–Trinajstić information content (AvgIpc) is 2.83. The number of nitrogens with zero attached hydrogens (tertiary/aromatic N) is 2. The number of aromatic nitrogens is 2. The smallest absolute Gasteiger partial charge is 0.240 e. The highest BCUT2D eigenvalue weighted by molar-refractivity contribution is 5.76. The van der Waals surface area contributed by atoms with Crippen molar-refractivity contribution in [1.82, 2.24) is 14.9 Å². The van der Waals surface area contributed by atoms with Gasteiger partial charge in [0.2, 0.25) is 5.91 Å². The van der Waals surface area contributed by atoms with Gasteiger partial charge in [-0.25, -0.2) is 4.98 Å². The van der Waals surface area contributed by atoms with E-state index in [1.807, 2.05) is 6.92 Å². The van der Waals surface area contributed by atoms with Gasteiger partial charge in [0.25, 0.3) is 0 Å². The van der Waals surface area contributed by atoms with Gasteiger partial charge in [-0.1, -0.05) is 29.8 Å². The lowest BCUT2D eigenvalue weighted by atomic mass is 10.0. The van der Waals surface area contributed by atoms with Crippen molar-refractivity contribution in [3.05, 3.63) is 52.6 Å². The lowest BCUT2D eigenvalue weighted by molar-refractivity contribution is -0.121. The minimum Gasteiger partial charge on any atom is -0.350 e. The molecule has 0 radical (unpaired) electrons. The molecule has 0 bridgehead atoms. The number of hydrogen-bond acceptors (Lipinski definition) is 2. The Hall–Kier alpha value is -2.10. The highest BCUT2D eigenvalue weighted by atomic mass is 16.1. The van der Waals surface area contributed by atoms with Crippen molar-refractivity contribution in [2.24, 2.45) is 0 Å². The molecule has 0 aliphatic heterocycles. The number of nitrogens with one attached hydrogen (secondary N) is 1. The Kier molecular flexibility index (Phi) is 4.27. The van der Waals surface area contributed by atoms with Gasteiger partial charge in [0, 0.05) is 12.2 Å². The molecular formula is C18H23N3O. The zero-order chi connectivity index (χ0) is 15.5. The Morgan fingerprint density at radius 3 is 2.68 bits per heavy atom. The molecule has 2 aromatic rings. The fraction of sp³-hybridized carbons (Fsp3) is 0.444. The molecule has 1 aliphatic carbocycles. The summed E-state index contributed by atoms with van der Waals surface area (Å²) in [6, 6.07) is 8.25. The third-order valence-electron chi connectivity index (χ3n) is 4.34. The SMILES string of the molecule is Cc1ccc(CNC(=O)Cn2c(C)nc3c2CCCC3)cc1. The molecule has 22 heavy (non-hydrogen) atoms. The van der Waals surface area contributed by atoms with Crippen molar-refractivity contribution in [3.63, 3.8) is 0 Å². The summed E-state index contributed by atoms with van der Waals surface area (Å²) in [5.41, 5.74) is 4.81. The van der Waals surface area contributed by atoms with Crippen molar-refractivity contribution >= 4 is 5.91 Å². The van der Waals surface area contributed by atoms with Gasteiger partial charge in [0.05, 0.1) is 5.69 Å². The molecule has 0 unspecified atom stereocenters. The van der Waals surface area contributed by atoms with Crippen LogP contribution in [0.15, 0.2) is 24.3 Å². The maximum atomic E-state index is 12.2. The van der Waals surface area contributed by atoms with Crippen LogP contribution in [0.5, 0.6) is 0 Å². The van der Waals surface area contributed by atoms with Crippen LogP contribution in [-0.4, -0.2) is 15.5 Å². The molecule has 3 rings (SSSR count). The van der Waals surface area contributed by atoms with Gasteiger partial charge >= 0.3 is 0 Å². The van der Waals surface area contributed by atoms with E-state index in [1.54, 1.807) is 0 Å². The van der Waals surface area contributed by atoms with Crippen molar-refractivity contribution in [1.29, 1.82) is 0 Å². The summed E-state index contributed by atoms with van der Waals surface area (Å²) in [6.45, 7) is 5.01. The van der Waals surface area contributed by atoms with Crippen molar-refractivity contribution < 1.29 is 4.79 Å². The van der Waals surface area contributed by atoms with E-state index in [0.717, 1.165) is 24.2 Å². The number of carbonyl (C=O) groups is 1. The number of hydrogen-bond donors (Lipinski definition) is 1. The Morgan fingerprint density at radius 2 is 1.91 bits per heavy atom. The molecule has 0 spiro atoms. The fourth-order valence-electron chi connectivity index (χ4n) is 3.05. The topological polar surface area (TPSA) is 46.9 Å². The molecule has 116 valence electrons. The predicted molar refractivity (Wildman–Crippen MR) is 86.6 cm³/mol. The van der Waals surface area contributed by atoms with Crippen LogP contribution in [0.25, 0.3) is 0 Å². The number of benzene rings is 1. The lowest BCUT2D eigenvalue weighted by Crippen LogP contribution is -2.28. The number of carbonyl (C=O) groups excluding carboxylic acids is 1. The van der Waals surface area contributed by atoms with Gasteiger partial charge < -0.3 is 9.88 Å². The van der Waals surface area contributed by atoms with Crippen LogP contribution in [0.1, 0.15) is 41.2 Å². The van der Waals surface area contributed by atoms with E-state index in [-0.39, 0.29) is 5.91 Å². The van der Waals surface area contributed by atoms with Crippen molar-refractivity contribution in [2.45, 2.75) is 52.6 Å². The molecule has 0 saturated heterocycles. The molecule has 1 amide bonds. The Balaban J connectivity index is 1.62. The summed E-state index contributed by atoms with van der Waals surface area (Å²) in [5.74, 6) is 1.01. The van der Waals surface area contributed by atoms with Gasteiger partial charge in [-0.3, -0.25) is 4.79 Å². The molecule has 1 aromatic carbocycles. The molecular weight excluding hydrogens is 274 g/mol. The zero-order valence-electron chi connectivity index (χ0n) is 13.4. The van der Waals surface area contributed by atoms with E-state index >= 15 is 0 Å². The molecule has 0 saturated carbocycles. The number of rotatable bonds is 4. The number of imidazole rings is 1. The quantitative estimate of drug-likeness (QED) is 0.943.